The number of carbonyl (C=O) groups is 1. The molecule has 1 aliphatic rings. The van der Waals surface area contributed by atoms with Crippen LogP contribution >= 0.6 is 11.6 Å². The Morgan fingerprint density at radius 2 is 2.04 bits per heavy atom. The number of anilines is 2. The molecule has 0 aliphatic carbocycles. The molecule has 1 amide bonds. The standard InChI is InChI=1S/C17H18ClFN4O2/c18-16-14(22-7-2-1-3-8-22)10-20-23(17(16)25)11-15(24)21-13-6-4-5-12(19)9-13/h4-6,9-10H,1-3,7-8,11H2,(H,21,24). The zero-order valence-corrected chi connectivity index (χ0v) is 14.3. The first-order chi connectivity index (χ1) is 12.0. The molecule has 2 aromatic rings. The van der Waals surface area contributed by atoms with Crippen LogP contribution in [0.4, 0.5) is 15.8 Å². The maximum Gasteiger partial charge on any atom is 0.288 e. The van der Waals surface area contributed by atoms with Gasteiger partial charge in [-0.3, -0.25) is 9.59 Å². The van der Waals surface area contributed by atoms with Crippen molar-refractivity contribution in [1.29, 1.82) is 0 Å². The number of halogens is 2. The lowest BCUT2D eigenvalue weighted by Crippen LogP contribution is -2.34. The largest absolute Gasteiger partial charge is 0.369 e. The monoisotopic (exact) mass is 364 g/mol. The normalized spacial score (nSPS) is 14.4. The minimum Gasteiger partial charge on any atom is -0.369 e. The molecule has 0 unspecified atom stereocenters. The summed E-state index contributed by atoms with van der Waals surface area (Å²) in [6.07, 6.45) is 4.79. The van der Waals surface area contributed by atoms with Gasteiger partial charge in [-0.1, -0.05) is 17.7 Å². The molecule has 6 nitrogen and oxygen atoms in total. The van der Waals surface area contributed by atoms with Crippen LogP contribution in [0.5, 0.6) is 0 Å². The van der Waals surface area contributed by atoms with Gasteiger partial charge in [0.1, 0.15) is 17.4 Å². The van der Waals surface area contributed by atoms with Gasteiger partial charge in [0.05, 0.1) is 11.9 Å². The Labute approximate surface area is 149 Å². The van der Waals surface area contributed by atoms with Gasteiger partial charge in [0.15, 0.2) is 0 Å². The number of aromatic nitrogens is 2. The Kier molecular flexibility index (Phi) is 5.33. The second-order valence-corrected chi connectivity index (χ2v) is 6.29. The molecule has 8 heteroatoms. The van der Waals surface area contributed by atoms with E-state index in [4.69, 9.17) is 11.6 Å². The summed E-state index contributed by atoms with van der Waals surface area (Å²) in [6, 6.07) is 5.52. The number of benzene rings is 1. The minimum atomic E-state index is -0.515. The van der Waals surface area contributed by atoms with Crippen molar-refractivity contribution in [3.63, 3.8) is 0 Å². The van der Waals surface area contributed by atoms with Crippen molar-refractivity contribution in [2.45, 2.75) is 25.8 Å². The van der Waals surface area contributed by atoms with Gasteiger partial charge < -0.3 is 10.2 Å². The third-order valence-corrected chi connectivity index (χ3v) is 4.42. The Morgan fingerprint density at radius 1 is 1.28 bits per heavy atom. The van der Waals surface area contributed by atoms with Crippen LogP contribution in [0.25, 0.3) is 0 Å². The van der Waals surface area contributed by atoms with E-state index in [9.17, 15) is 14.0 Å². The van der Waals surface area contributed by atoms with Crippen LogP contribution in [0, 0.1) is 5.82 Å². The van der Waals surface area contributed by atoms with Gasteiger partial charge >= 0.3 is 0 Å². The SMILES string of the molecule is O=C(Cn1ncc(N2CCCCC2)c(Cl)c1=O)Nc1cccc(F)c1. The highest BCUT2D eigenvalue weighted by atomic mass is 35.5. The van der Waals surface area contributed by atoms with E-state index >= 15 is 0 Å². The van der Waals surface area contributed by atoms with Gasteiger partial charge in [0.2, 0.25) is 5.91 Å². The van der Waals surface area contributed by atoms with Crippen LogP contribution in [-0.4, -0.2) is 28.8 Å². The first kappa shape index (κ1) is 17.4. The number of hydrogen-bond acceptors (Lipinski definition) is 4. The molecule has 2 heterocycles. The molecule has 1 aromatic heterocycles. The summed E-state index contributed by atoms with van der Waals surface area (Å²) in [4.78, 5) is 26.5. The van der Waals surface area contributed by atoms with Gasteiger partial charge in [-0.25, -0.2) is 9.07 Å². The molecule has 1 N–H and O–H groups in total. The highest BCUT2D eigenvalue weighted by molar-refractivity contribution is 6.33. The van der Waals surface area contributed by atoms with E-state index in [1.54, 1.807) is 6.07 Å². The predicted molar refractivity (Wildman–Crippen MR) is 94.6 cm³/mol. The predicted octanol–water partition coefficient (Wildman–Crippen LogP) is 2.66. The summed E-state index contributed by atoms with van der Waals surface area (Å²) in [5.74, 6) is -0.941. The number of amides is 1. The summed E-state index contributed by atoms with van der Waals surface area (Å²) < 4.78 is 14.1. The summed E-state index contributed by atoms with van der Waals surface area (Å²) >= 11 is 6.20. The number of nitrogens with one attached hydrogen (secondary N) is 1. The van der Waals surface area contributed by atoms with Crippen molar-refractivity contribution in [2.75, 3.05) is 23.3 Å². The first-order valence-electron chi connectivity index (χ1n) is 8.10. The van der Waals surface area contributed by atoms with E-state index in [1.165, 1.54) is 30.8 Å². The molecule has 0 atom stereocenters. The fraction of sp³-hybridized carbons (Fsp3) is 0.353. The van der Waals surface area contributed by atoms with E-state index in [0.717, 1.165) is 30.6 Å². The van der Waals surface area contributed by atoms with E-state index in [-0.39, 0.29) is 11.6 Å². The Morgan fingerprint density at radius 3 is 2.76 bits per heavy atom. The van der Waals surface area contributed by atoms with Gasteiger partial charge in [0.25, 0.3) is 5.56 Å². The lowest BCUT2D eigenvalue weighted by molar-refractivity contribution is -0.117. The summed E-state index contributed by atoms with van der Waals surface area (Å²) in [5, 5.41) is 6.65. The molecule has 3 rings (SSSR count). The maximum absolute atomic E-state index is 13.1. The maximum atomic E-state index is 13.1. The van der Waals surface area contributed by atoms with Crippen LogP contribution in [0.2, 0.25) is 5.02 Å². The van der Waals surface area contributed by atoms with Crippen molar-refractivity contribution >= 4 is 28.9 Å². The van der Waals surface area contributed by atoms with E-state index < -0.39 is 17.3 Å². The molecule has 0 bridgehead atoms. The highest BCUT2D eigenvalue weighted by Gasteiger charge is 2.18. The van der Waals surface area contributed by atoms with Crippen molar-refractivity contribution in [3.8, 4) is 0 Å². The molecule has 132 valence electrons. The molecular weight excluding hydrogens is 347 g/mol. The molecule has 1 fully saturated rings. The van der Waals surface area contributed by atoms with Crippen LogP contribution in [-0.2, 0) is 11.3 Å². The topological polar surface area (TPSA) is 67.2 Å². The molecular formula is C17H18ClFN4O2. The molecule has 0 radical (unpaired) electrons. The van der Waals surface area contributed by atoms with Crippen LogP contribution in [0.1, 0.15) is 19.3 Å². The third kappa shape index (κ3) is 4.17. The van der Waals surface area contributed by atoms with E-state index in [2.05, 4.69) is 10.4 Å². The molecule has 1 saturated heterocycles. The molecule has 0 spiro atoms. The number of nitrogens with zero attached hydrogens (tertiary/aromatic N) is 3. The number of piperidine rings is 1. The second kappa shape index (κ2) is 7.65. The van der Waals surface area contributed by atoms with Crippen LogP contribution in [0.3, 0.4) is 0 Å². The number of hydrogen-bond donors (Lipinski definition) is 1. The Balaban J connectivity index is 1.73. The van der Waals surface area contributed by atoms with Gasteiger partial charge in [-0.2, -0.15) is 5.10 Å². The van der Waals surface area contributed by atoms with E-state index in [1.807, 2.05) is 4.90 Å². The summed E-state index contributed by atoms with van der Waals surface area (Å²) in [5.41, 5.74) is 0.404. The van der Waals surface area contributed by atoms with Crippen molar-refractivity contribution < 1.29 is 9.18 Å². The molecule has 1 aliphatic heterocycles. The minimum absolute atomic E-state index is 0.0652. The molecule has 25 heavy (non-hydrogen) atoms. The van der Waals surface area contributed by atoms with Crippen LogP contribution in [0.15, 0.2) is 35.3 Å². The first-order valence-corrected chi connectivity index (χ1v) is 8.48. The van der Waals surface area contributed by atoms with Gasteiger partial charge in [-0.05, 0) is 37.5 Å². The number of rotatable bonds is 4. The van der Waals surface area contributed by atoms with Gasteiger partial charge in [0, 0.05) is 18.8 Å². The molecule has 0 saturated carbocycles. The quantitative estimate of drug-likeness (QED) is 0.905. The fourth-order valence-corrected chi connectivity index (χ4v) is 3.09. The second-order valence-electron chi connectivity index (χ2n) is 5.91. The zero-order valence-electron chi connectivity index (χ0n) is 13.5. The Bertz CT molecular complexity index is 834. The average Bonchev–Trinajstić information content (AvgIpc) is 2.60. The summed E-state index contributed by atoms with van der Waals surface area (Å²) in [6.45, 7) is 1.38. The highest BCUT2D eigenvalue weighted by Crippen LogP contribution is 2.24. The van der Waals surface area contributed by atoms with Gasteiger partial charge in [-0.15, -0.1) is 0 Å². The van der Waals surface area contributed by atoms with Crippen molar-refractivity contribution in [2.24, 2.45) is 0 Å². The number of carbonyl (C=O) groups excluding carboxylic acids is 1. The fourth-order valence-electron chi connectivity index (χ4n) is 2.83. The lowest BCUT2D eigenvalue weighted by Gasteiger charge is -2.29. The summed E-state index contributed by atoms with van der Waals surface area (Å²) in [7, 11) is 0. The van der Waals surface area contributed by atoms with Crippen LogP contribution < -0.4 is 15.8 Å². The average molecular weight is 365 g/mol. The zero-order chi connectivity index (χ0) is 17.8. The van der Waals surface area contributed by atoms with Crippen molar-refractivity contribution in [1.82, 2.24) is 9.78 Å². The Hall–Kier alpha value is -2.41. The van der Waals surface area contributed by atoms with E-state index in [0.29, 0.717) is 11.4 Å². The third-order valence-electron chi connectivity index (χ3n) is 4.06. The van der Waals surface area contributed by atoms with Crippen molar-refractivity contribution in [3.05, 3.63) is 51.7 Å². The smallest absolute Gasteiger partial charge is 0.288 e. The lowest BCUT2D eigenvalue weighted by atomic mass is 10.1. The molecule has 1 aromatic carbocycles.